The largest absolute Gasteiger partial charge is 0.438 e. The lowest BCUT2D eigenvalue weighted by molar-refractivity contribution is -0.0593. The van der Waals surface area contributed by atoms with Crippen molar-refractivity contribution in [1.82, 2.24) is 48.1 Å². The molecule has 15 nitrogen and oxygen atoms in total. The third-order valence-electron chi connectivity index (χ3n) is 15.5. The monoisotopic (exact) mass is 908 g/mol. The number of amides is 1. The summed E-state index contributed by atoms with van der Waals surface area (Å²) in [6.07, 6.45) is 12.4. The van der Waals surface area contributed by atoms with Gasteiger partial charge in [0.1, 0.15) is 11.6 Å². The highest BCUT2D eigenvalue weighted by Gasteiger charge is 2.61. The quantitative estimate of drug-likeness (QED) is 0.170. The van der Waals surface area contributed by atoms with Crippen LogP contribution in [0.25, 0.3) is 33.6 Å². The van der Waals surface area contributed by atoms with Gasteiger partial charge in [-0.25, -0.2) is 23.1 Å². The van der Waals surface area contributed by atoms with Crippen LogP contribution in [-0.2, 0) is 22.6 Å². The molecular weight excluding hydrogens is 859 g/mol. The lowest BCUT2D eigenvalue weighted by Crippen LogP contribution is -2.44. The zero-order valence-electron chi connectivity index (χ0n) is 38.4. The number of pyridine rings is 1. The van der Waals surface area contributed by atoms with Gasteiger partial charge in [-0.05, 0) is 126 Å². The predicted octanol–water partition coefficient (Wildman–Crippen LogP) is 7.77. The Morgan fingerprint density at radius 1 is 0.940 bits per heavy atom. The van der Waals surface area contributed by atoms with Gasteiger partial charge in [0.2, 0.25) is 0 Å². The number of H-pyrrole nitrogens is 1. The van der Waals surface area contributed by atoms with Crippen LogP contribution < -0.4 is 11.4 Å². The molecule has 4 atom stereocenters. The number of imidazole rings is 1. The highest BCUT2D eigenvalue weighted by atomic mass is 19.1. The van der Waals surface area contributed by atoms with Crippen molar-refractivity contribution >= 4 is 22.3 Å². The number of nitrogens with one attached hydrogen (secondary N) is 1. The van der Waals surface area contributed by atoms with Crippen LogP contribution in [0.5, 0.6) is 0 Å². The molecule has 1 spiro atoms. The van der Waals surface area contributed by atoms with Gasteiger partial charge in [0.05, 0.1) is 62.3 Å². The Labute approximate surface area is 382 Å². The number of hydrogen-bond donors (Lipinski definition) is 1. The van der Waals surface area contributed by atoms with Gasteiger partial charge < -0.3 is 14.0 Å². The maximum Gasteiger partial charge on any atom is 0.438 e. The van der Waals surface area contributed by atoms with E-state index in [1.54, 1.807) is 60.7 Å². The first-order valence-electron chi connectivity index (χ1n) is 23.0. The molecule has 344 valence electrons. The van der Waals surface area contributed by atoms with Crippen LogP contribution in [-0.4, -0.2) is 72.8 Å². The molecule has 1 amide bonds. The number of carbonyl (C=O) groups is 1. The smallest absolute Gasteiger partial charge is 0.376 e. The van der Waals surface area contributed by atoms with E-state index in [9.17, 15) is 9.59 Å². The van der Waals surface area contributed by atoms with Gasteiger partial charge in [-0.1, -0.05) is 18.1 Å². The number of fused-ring (bicyclic) bond motifs is 4. The standard InChI is InChI=1S/C50H50F2N10O5/c1-26-18-32(19-27(2)40(26)51)62-43(60-16-15-59(47(60)65)37-11-10-35-33(41(37)52)22-53-57(35)7)38-29(4)61(25-49(13-14-49)42(38)55-62)44(63)34-24-58-23-31(30-12-17-66-48(5,6)21-30)8-9-36(58)39(34)50(20-28(50)3)45-54-46(64)67-56-45/h8-11,15-16,18-19,22-24,28-30H,12-14,17,20-21,25H2,1-7H3,(H,54,56,64)/t28-,29-,30-,50+/m0/s1. The lowest BCUT2D eigenvalue weighted by Gasteiger charge is -2.38. The second-order valence-corrected chi connectivity index (χ2v) is 20.2. The zero-order chi connectivity index (χ0) is 46.6. The van der Waals surface area contributed by atoms with E-state index >= 15 is 13.6 Å². The highest BCUT2D eigenvalue weighted by molar-refractivity contribution is 6.00. The Balaban J connectivity index is 1.03. The fourth-order valence-electron chi connectivity index (χ4n) is 11.6. The van der Waals surface area contributed by atoms with Crippen LogP contribution in [0.15, 0.2) is 81.5 Å². The van der Waals surface area contributed by atoms with Gasteiger partial charge in [0, 0.05) is 61.5 Å². The average molecular weight is 909 g/mol. The first-order chi connectivity index (χ1) is 32.0. The number of halogens is 2. The van der Waals surface area contributed by atoms with Crippen molar-refractivity contribution in [1.29, 1.82) is 0 Å². The topological polar surface area (TPSA) is 155 Å². The van der Waals surface area contributed by atoms with E-state index in [4.69, 9.17) is 14.4 Å². The Kier molecular flexibility index (Phi) is 8.73. The van der Waals surface area contributed by atoms with Crippen LogP contribution in [0.1, 0.15) is 121 Å². The van der Waals surface area contributed by atoms with Crippen molar-refractivity contribution < 1.29 is 22.8 Å². The molecule has 1 N–H and O–H groups in total. The van der Waals surface area contributed by atoms with E-state index in [-0.39, 0.29) is 40.2 Å². The van der Waals surface area contributed by atoms with Crippen molar-refractivity contribution in [3.05, 3.63) is 145 Å². The first kappa shape index (κ1) is 41.5. The Bertz CT molecular complexity index is 3500. The van der Waals surface area contributed by atoms with Crippen molar-refractivity contribution in [2.24, 2.45) is 13.0 Å². The summed E-state index contributed by atoms with van der Waals surface area (Å²) in [7, 11) is 1.72. The molecule has 8 heterocycles. The van der Waals surface area contributed by atoms with Crippen molar-refractivity contribution in [3.8, 4) is 17.2 Å². The maximum atomic E-state index is 16.2. The highest BCUT2D eigenvalue weighted by Crippen LogP contribution is 2.61. The number of benzene rings is 2. The van der Waals surface area contributed by atoms with Gasteiger partial charge in [-0.2, -0.15) is 10.2 Å². The molecule has 8 aromatic rings. The molecule has 0 unspecified atom stereocenters. The molecule has 2 saturated carbocycles. The fourth-order valence-corrected chi connectivity index (χ4v) is 11.6. The van der Waals surface area contributed by atoms with Crippen LogP contribution in [0, 0.1) is 31.4 Å². The number of aromatic amines is 1. The van der Waals surface area contributed by atoms with Crippen LogP contribution >= 0.6 is 0 Å². The SMILES string of the molecule is Cc1cc(-n2nc3c(c2-n2ccn(-c4ccc5c(cnn5C)c4F)c2=O)[C@H](C)N(C(=O)c2cn4cc([C@H]5CCOC(C)(C)C5)ccc4c2[C@@]2(c4noc(=O)[nH]4)C[C@@H]2C)CC32CC2)cc(C)c1F. The molecule has 1 saturated heterocycles. The number of nitrogens with zero attached hydrogens (tertiary/aromatic N) is 9. The summed E-state index contributed by atoms with van der Waals surface area (Å²) in [5.74, 6) is -0.779. The van der Waals surface area contributed by atoms with Crippen molar-refractivity contribution in [3.63, 3.8) is 0 Å². The summed E-state index contributed by atoms with van der Waals surface area (Å²) in [4.78, 5) is 47.9. The molecule has 12 rings (SSSR count). The molecular formula is C50H50F2N10O5. The molecule has 0 bridgehead atoms. The first-order valence-corrected chi connectivity index (χ1v) is 23.0. The van der Waals surface area contributed by atoms with E-state index in [2.05, 4.69) is 54.3 Å². The number of ether oxygens (including phenoxy) is 1. The maximum absolute atomic E-state index is 16.2. The minimum atomic E-state index is -0.797. The van der Waals surface area contributed by atoms with Crippen LogP contribution in [0.3, 0.4) is 0 Å². The molecule has 2 aliphatic heterocycles. The number of carbonyl (C=O) groups excluding carboxylic acids is 1. The molecule has 0 radical (unpaired) electrons. The van der Waals surface area contributed by atoms with Crippen LogP contribution in [0.4, 0.5) is 8.78 Å². The van der Waals surface area contributed by atoms with Crippen molar-refractivity contribution in [2.75, 3.05) is 13.2 Å². The summed E-state index contributed by atoms with van der Waals surface area (Å²) in [5, 5.41) is 14.0. The number of aromatic nitrogens is 9. The fraction of sp³-hybridized carbons (Fsp3) is 0.400. The minimum Gasteiger partial charge on any atom is -0.376 e. The molecule has 67 heavy (non-hydrogen) atoms. The third kappa shape index (κ3) is 6.01. The Hall–Kier alpha value is -6.88. The second kappa shape index (κ2) is 14.1. The molecule has 6 aromatic heterocycles. The molecule has 3 fully saturated rings. The van der Waals surface area contributed by atoms with Crippen molar-refractivity contribution in [2.45, 2.75) is 102 Å². The minimum absolute atomic E-state index is 0.0224. The Morgan fingerprint density at radius 2 is 1.67 bits per heavy atom. The Morgan fingerprint density at radius 3 is 2.36 bits per heavy atom. The summed E-state index contributed by atoms with van der Waals surface area (Å²) >= 11 is 0. The summed E-state index contributed by atoms with van der Waals surface area (Å²) in [6.45, 7) is 12.7. The van der Waals surface area contributed by atoms with E-state index in [1.165, 1.54) is 21.5 Å². The molecule has 2 aliphatic carbocycles. The van der Waals surface area contributed by atoms with E-state index in [0.717, 1.165) is 48.0 Å². The van der Waals surface area contributed by atoms with Gasteiger partial charge in [0.15, 0.2) is 11.6 Å². The second-order valence-electron chi connectivity index (χ2n) is 20.2. The number of rotatable bonds is 7. The summed E-state index contributed by atoms with van der Waals surface area (Å²) in [5.41, 5.74) is 4.49. The normalized spacial score (nSPS) is 22.8. The van der Waals surface area contributed by atoms with Gasteiger partial charge in [0.25, 0.3) is 5.91 Å². The summed E-state index contributed by atoms with van der Waals surface area (Å²) < 4.78 is 50.7. The third-order valence-corrected chi connectivity index (χ3v) is 15.5. The van der Waals surface area contributed by atoms with Gasteiger partial charge >= 0.3 is 11.4 Å². The molecule has 4 aliphatic rings. The lowest BCUT2D eigenvalue weighted by atomic mass is 9.84. The van der Waals surface area contributed by atoms with E-state index in [0.29, 0.717) is 64.7 Å². The number of aryl methyl sites for hydroxylation is 3. The van der Waals surface area contributed by atoms with Gasteiger partial charge in [-0.15, -0.1) is 0 Å². The summed E-state index contributed by atoms with van der Waals surface area (Å²) in [6, 6.07) is 10.3. The van der Waals surface area contributed by atoms with Gasteiger partial charge in [-0.3, -0.25) is 28.1 Å². The number of hydrogen-bond acceptors (Lipinski definition) is 8. The van der Waals surface area contributed by atoms with Crippen LogP contribution in [0.2, 0.25) is 0 Å². The molecule has 2 aromatic carbocycles. The zero-order valence-corrected chi connectivity index (χ0v) is 38.4. The van der Waals surface area contributed by atoms with E-state index < -0.39 is 34.1 Å². The average Bonchev–Trinajstić information content (AvgIpc) is 3.71. The van der Waals surface area contributed by atoms with E-state index in [1.807, 2.05) is 22.4 Å². The predicted molar refractivity (Wildman–Crippen MR) is 244 cm³/mol. The molecule has 17 heteroatoms.